The summed E-state index contributed by atoms with van der Waals surface area (Å²) in [6.45, 7) is 0.718. The molecule has 0 spiro atoms. The molecule has 3 rings (SSSR count). The molecule has 0 bridgehead atoms. The summed E-state index contributed by atoms with van der Waals surface area (Å²) in [5.74, 6) is 1.34. The van der Waals surface area contributed by atoms with E-state index in [0.717, 1.165) is 17.9 Å². The fourth-order valence-electron chi connectivity index (χ4n) is 2.52. The average Bonchev–Trinajstić information content (AvgIpc) is 3.01. The number of benzene rings is 1. The monoisotopic (exact) mass is 229 g/mol. The molecule has 0 aliphatic carbocycles. The number of nitrogens with one attached hydrogen (secondary N) is 1. The van der Waals surface area contributed by atoms with Crippen molar-refractivity contribution in [1.29, 1.82) is 0 Å². The molecule has 0 radical (unpaired) electrons. The van der Waals surface area contributed by atoms with Crippen molar-refractivity contribution in [3.05, 3.63) is 54.0 Å². The molecule has 2 unspecified atom stereocenters. The van der Waals surface area contributed by atoms with Crippen molar-refractivity contribution in [2.75, 3.05) is 13.7 Å². The van der Waals surface area contributed by atoms with E-state index in [0.29, 0.717) is 5.92 Å². The molecule has 88 valence electrons. The van der Waals surface area contributed by atoms with Crippen LogP contribution in [0.2, 0.25) is 0 Å². The minimum absolute atomic E-state index is 0.234. The van der Waals surface area contributed by atoms with Crippen LogP contribution >= 0.6 is 0 Å². The maximum Gasteiger partial charge on any atom is 0.122 e. The lowest BCUT2D eigenvalue weighted by Gasteiger charge is -2.20. The van der Waals surface area contributed by atoms with Gasteiger partial charge in [0.1, 0.15) is 5.75 Å². The van der Waals surface area contributed by atoms with Gasteiger partial charge in [0.05, 0.1) is 19.1 Å². The smallest absolute Gasteiger partial charge is 0.122 e. The van der Waals surface area contributed by atoms with Crippen LogP contribution in [0.15, 0.2) is 47.3 Å². The number of hydrogen-bond acceptors (Lipinski definition) is 3. The zero-order valence-electron chi connectivity index (χ0n) is 9.72. The first kappa shape index (κ1) is 10.4. The summed E-state index contributed by atoms with van der Waals surface area (Å²) in [4.78, 5) is 0. The lowest BCUT2D eigenvalue weighted by molar-refractivity contribution is 0.304. The number of likely N-dealkylation sites (N-methyl/N-ethyl adjacent to an activating group) is 1. The molecule has 2 aromatic rings. The Morgan fingerprint density at radius 2 is 2.18 bits per heavy atom. The standard InChI is InChI=1S/C14H15NO2/c1-15-14(10-6-7-16-8-10)12-9-17-13-5-3-2-4-11(12)13/h2-8,12,14-15H,9H2,1H3. The van der Waals surface area contributed by atoms with Gasteiger partial charge >= 0.3 is 0 Å². The first-order chi connectivity index (χ1) is 8.40. The first-order valence-electron chi connectivity index (χ1n) is 5.81. The normalized spacial score (nSPS) is 19.7. The van der Waals surface area contributed by atoms with E-state index in [9.17, 15) is 0 Å². The number of furan rings is 1. The molecule has 1 aromatic carbocycles. The van der Waals surface area contributed by atoms with Crippen molar-refractivity contribution < 1.29 is 9.15 Å². The van der Waals surface area contributed by atoms with Crippen LogP contribution in [0.25, 0.3) is 0 Å². The Kier molecular flexibility index (Phi) is 2.61. The Hall–Kier alpha value is -1.74. The zero-order chi connectivity index (χ0) is 11.7. The topological polar surface area (TPSA) is 34.4 Å². The highest BCUT2D eigenvalue weighted by atomic mass is 16.5. The van der Waals surface area contributed by atoms with Gasteiger partial charge in [0.15, 0.2) is 0 Å². The fourth-order valence-corrected chi connectivity index (χ4v) is 2.52. The summed E-state index contributed by atoms with van der Waals surface area (Å²) < 4.78 is 10.9. The van der Waals surface area contributed by atoms with E-state index >= 15 is 0 Å². The minimum Gasteiger partial charge on any atom is -0.493 e. The predicted molar refractivity (Wildman–Crippen MR) is 65.2 cm³/mol. The molecule has 0 saturated heterocycles. The second kappa shape index (κ2) is 4.26. The highest BCUT2D eigenvalue weighted by Gasteiger charge is 2.31. The van der Waals surface area contributed by atoms with Crippen LogP contribution in [0.1, 0.15) is 23.1 Å². The van der Waals surface area contributed by atoms with Gasteiger partial charge in [0, 0.05) is 23.1 Å². The van der Waals surface area contributed by atoms with Crippen LogP contribution in [0.3, 0.4) is 0 Å². The number of rotatable bonds is 3. The molecule has 1 aromatic heterocycles. The Bertz CT molecular complexity index is 493. The molecular formula is C14H15NO2. The SMILES string of the molecule is CNC(c1ccoc1)C1COc2ccccc21. The van der Waals surface area contributed by atoms with Gasteiger partial charge in [-0.15, -0.1) is 0 Å². The van der Waals surface area contributed by atoms with Crippen molar-refractivity contribution in [1.82, 2.24) is 5.32 Å². The van der Waals surface area contributed by atoms with E-state index in [1.807, 2.05) is 25.2 Å². The van der Waals surface area contributed by atoms with Gasteiger partial charge in [0.25, 0.3) is 0 Å². The molecule has 1 N–H and O–H groups in total. The molecule has 17 heavy (non-hydrogen) atoms. The molecular weight excluding hydrogens is 214 g/mol. The maximum atomic E-state index is 5.72. The Morgan fingerprint density at radius 3 is 2.94 bits per heavy atom. The number of para-hydroxylation sites is 1. The van der Waals surface area contributed by atoms with Crippen molar-refractivity contribution in [2.24, 2.45) is 0 Å². The van der Waals surface area contributed by atoms with Gasteiger partial charge < -0.3 is 14.5 Å². The lowest BCUT2D eigenvalue weighted by atomic mass is 9.90. The molecule has 1 aliphatic rings. The van der Waals surface area contributed by atoms with Gasteiger partial charge in [-0.05, 0) is 19.2 Å². The second-order valence-electron chi connectivity index (χ2n) is 4.28. The van der Waals surface area contributed by atoms with Crippen LogP contribution in [0, 0.1) is 0 Å². The van der Waals surface area contributed by atoms with E-state index in [-0.39, 0.29) is 6.04 Å². The van der Waals surface area contributed by atoms with Crippen LogP contribution in [0.5, 0.6) is 5.75 Å². The first-order valence-corrected chi connectivity index (χ1v) is 5.81. The number of fused-ring (bicyclic) bond motifs is 1. The Labute approximate surface area is 100 Å². The van der Waals surface area contributed by atoms with E-state index < -0.39 is 0 Å². The molecule has 3 heteroatoms. The quantitative estimate of drug-likeness (QED) is 0.878. The van der Waals surface area contributed by atoms with Crippen LogP contribution in [-0.4, -0.2) is 13.7 Å². The molecule has 0 fully saturated rings. The summed E-state index contributed by atoms with van der Waals surface area (Å²) in [7, 11) is 1.97. The van der Waals surface area contributed by atoms with Gasteiger partial charge in [-0.25, -0.2) is 0 Å². The fraction of sp³-hybridized carbons (Fsp3) is 0.286. The minimum atomic E-state index is 0.234. The molecule has 1 aliphatic heterocycles. The highest BCUT2D eigenvalue weighted by molar-refractivity contribution is 5.41. The Morgan fingerprint density at radius 1 is 1.29 bits per heavy atom. The van der Waals surface area contributed by atoms with E-state index in [1.54, 1.807) is 12.5 Å². The molecule has 0 amide bonds. The lowest BCUT2D eigenvalue weighted by Crippen LogP contribution is -2.24. The summed E-state index contributed by atoms with van der Waals surface area (Å²) in [5, 5.41) is 3.35. The maximum absolute atomic E-state index is 5.72. The van der Waals surface area contributed by atoms with E-state index in [4.69, 9.17) is 9.15 Å². The third-order valence-electron chi connectivity index (χ3n) is 3.35. The van der Waals surface area contributed by atoms with Crippen molar-refractivity contribution in [3.8, 4) is 5.75 Å². The molecule has 2 heterocycles. The average molecular weight is 229 g/mol. The predicted octanol–water partition coefficient (Wildman–Crippen LogP) is 2.72. The van der Waals surface area contributed by atoms with E-state index in [1.165, 1.54) is 5.56 Å². The highest BCUT2D eigenvalue weighted by Crippen LogP contribution is 2.40. The van der Waals surface area contributed by atoms with Crippen LogP contribution in [0.4, 0.5) is 0 Å². The van der Waals surface area contributed by atoms with Gasteiger partial charge in [-0.2, -0.15) is 0 Å². The van der Waals surface area contributed by atoms with Crippen LogP contribution in [-0.2, 0) is 0 Å². The van der Waals surface area contributed by atoms with E-state index in [2.05, 4.69) is 17.4 Å². The van der Waals surface area contributed by atoms with Gasteiger partial charge in [-0.1, -0.05) is 18.2 Å². The Balaban J connectivity index is 1.95. The molecule has 3 nitrogen and oxygen atoms in total. The third-order valence-corrected chi connectivity index (χ3v) is 3.35. The van der Waals surface area contributed by atoms with Gasteiger partial charge in [0.2, 0.25) is 0 Å². The van der Waals surface area contributed by atoms with Crippen molar-refractivity contribution >= 4 is 0 Å². The number of hydrogen-bond donors (Lipinski definition) is 1. The summed E-state index contributed by atoms with van der Waals surface area (Å²) in [6, 6.07) is 10.5. The van der Waals surface area contributed by atoms with Crippen molar-refractivity contribution in [2.45, 2.75) is 12.0 Å². The summed E-state index contributed by atoms with van der Waals surface area (Å²) in [6.07, 6.45) is 3.50. The summed E-state index contributed by atoms with van der Waals surface area (Å²) in [5.41, 5.74) is 2.44. The van der Waals surface area contributed by atoms with Crippen LogP contribution < -0.4 is 10.1 Å². The second-order valence-corrected chi connectivity index (χ2v) is 4.28. The largest absolute Gasteiger partial charge is 0.493 e. The zero-order valence-corrected chi connectivity index (χ0v) is 9.72. The third kappa shape index (κ3) is 1.72. The molecule has 2 atom stereocenters. The molecule has 0 saturated carbocycles. The summed E-state index contributed by atoms with van der Waals surface area (Å²) >= 11 is 0. The van der Waals surface area contributed by atoms with Gasteiger partial charge in [-0.3, -0.25) is 0 Å². The number of ether oxygens (including phenoxy) is 1. The van der Waals surface area contributed by atoms with Crippen molar-refractivity contribution in [3.63, 3.8) is 0 Å².